The summed E-state index contributed by atoms with van der Waals surface area (Å²) in [6.45, 7) is -0.381. The van der Waals surface area contributed by atoms with E-state index < -0.39 is 15.0 Å². The van der Waals surface area contributed by atoms with Crippen LogP contribution in [0.25, 0.3) is 0 Å². The van der Waals surface area contributed by atoms with Gasteiger partial charge in [0, 0.05) is 6.07 Å². The Kier molecular flexibility index (Phi) is 4.11. The molecule has 0 bridgehead atoms. The van der Waals surface area contributed by atoms with Crippen LogP contribution in [0.4, 0.5) is 5.69 Å². The number of para-hydroxylation sites is 1. The second kappa shape index (κ2) is 5.81. The van der Waals surface area contributed by atoms with Crippen LogP contribution >= 0.6 is 0 Å². The number of nitro benzene ring substituents is 1. The van der Waals surface area contributed by atoms with Gasteiger partial charge in [0.05, 0.1) is 22.0 Å². The number of nitro groups is 1. The summed E-state index contributed by atoms with van der Waals surface area (Å²) in [6, 6.07) is 13.5. The van der Waals surface area contributed by atoms with Crippen molar-refractivity contribution in [1.82, 2.24) is 0 Å². The molecule has 0 aliphatic heterocycles. The zero-order valence-corrected chi connectivity index (χ0v) is 11.1. The molecule has 6 nitrogen and oxygen atoms in total. The highest BCUT2D eigenvalue weighted by molar-refractivity contribution is 7.86. The fraction of sp³-hybridized carbons (Fsp3) is 0.0769. The fourth-order valence-electron chi connectivity index (χ4n) is 1.61. The van der Waals surface area contributed by atoms with Crippen LogP contribution in [0.2, 0.25) is 0 Å². The topological polar surface area (TPSA) is 86.5 Å². The first-order valence-corrected chi connectivity index (χ1v) is 7.08. The molecule has 0 spiro atoms. The van der Waals surface area contributed by atoms with Gasteiger partial charge in [-0.05, 0) is 18.2 Å². The van der Waals surface area contributed by atoms with E-state index in [1.807, 2.05) is 0 Å². The van der Waals surface area contributed by atoms with Crippen molar-refractivity contribution >= 4 is 15.8 Å². The molecule has 0 heterocycles. The van der Waals surface area contributed by atoms with E-state index in [1.165, 1.54) is 30.3 Å². The second-order valence-electron chi connectivity index (χ2n) is 3.92. The van der Waals surface area contributed by atoms with Crippen LogP contribution in [0.1, 0.15) is 5.56 Å². The van der Waals surface area contributed by atoms with Gasteiger partial charge in [0.25, 0.3) is 15.8 Å². The van der Waals surface area contributed by atoms with Crippen LogP contribution in [0.5, 0.6) is 0 Å². The van der Waals surface area contributed by atoms with Crippen molar-refractivity contribution in [2.24, 2.45) is 0 Å². The Bertz CT molecular complexity index is 713. The van der Waals surface area contributed by atoms with E-state index in [0.717, 1.165) is 0 Å². The van der Waals surface area contributed by atoms with Crippen molar-refractivity contribution in [3.05, 3.63) is 70.3 Å². The van der Waals surface area contributed by atoms with Crippen LogP contribution < -0.4 is 0 Å². The Morgan fingerprint density at radius 2 is 1.60 bits per heavy atom. The summed E-state index contributed by atoms with van der Waals surface area (Å²) in [7, 11) is -3.92. The van der Waals surface area contributed by atoms with E-state index in [4.69, 9.17) is 4.18 Å². The number of rotatable bonds is 5. The molecule has 0 saturated heterocycles. The van der Waals surface area contributed by atoms with E-state index >= 15 is 0 Å². The molecule has 0 saturated carbocycles. The standard InChI is InChI=1S/C13H11NO5S/c15-14(16)13-9-5-4-6-11(13)10-19-20(17,18)12-7-2-1-3-8-12/h1-9H,10H2. The van der Waals surface area contributed by atoms with Gasteiger partial charge in [-0.3, -0.25) is 14.3 Å². The molecule has 0 atom stereocenters. The molecule has 7 heteroatoms. The first-order valence-electron chi connectivity index (χ1n) is 5.67. The van der Waals surface area contributed by atoms with Crippen molar-refractivity contribution in [3.8, 4) is 0 Å². The smallest absolute Gasteiger partial charge is 0.261 e. The molecule has 0 amide bonds. The average molecular weight is 293 g/mol. The number of benzene rings is 2. The van der Waals surface area contributed by atoms with E-state index in [-0.39, 0.29) is 22.8 Å². The lowest BCUT2D eigenvalue weighted by Gasteiger charge is -2.06. The van der Waals surface area contributed by atoms with Crippen molar-refractivity contribution in [3.63, 3.8) is 0 Å². The van der Waals surface area contributed by atoms with Crippen LogP contribution in [-0.2, 0) is 20.9 Å². The molecule has 0 fully saturated rings. The third kappa shape index (κ3) is 3.19. The second-order valence-corrected chi connectivity index (χ2v) is 5.53. The van der Waals surface area contributed by atoms with E-state index in [2.05, 4.69) is 0 Å². The molecule has 104 valence electrons. The van der Waals surface area contributed by atoms with Gasteiger partial charge >= 0.3 is 0 Å². The van der Waals surface area contributed by atoms with E-state index in [1.54, 1.807) is 24.3 Å². The summed E-state index contributed by atoms with van der Waals surface area (Å²) >= 11 is 0. The summed E-state index contributed by atoms with van der Waals surface area (Å²) in [6.07, 6.45) is 0. The largest absolute Gasteiger partial charge is 0.297 e. The van der Waals surface area contributed by atoms with Crippen LogP contribution in [0.3, 0.4) is 0 Å². The Morgan fingerprint density at radius 1 is 1.00 bits per heavy atom. The van der Waals surface area contributed by atoms with E-state index in [0.29, 0.717) is 0 Å². The molecule has 2 aromatic rings. The van der Waals surface area contributed by atoms with Crippen molar-refractivity contribution in [2.45, 2.75) is 11.5 Å². The Balaban J connectivity index is 2.19. The molecule has 2 aromatic carbocycles. The normalized spacial score (nSPS) is 11.2. The minimum Gasteiger partial charge on any atom is -0.261 e. The lowest BCUT2D eigenvalue weighted by molar-refractivity contribution is -0.385. The average Bonchev–Trinajstić information content (AvgIpc) is 2.46. The van der Waals surface area contributed by atoms with E-state index in [9.17, 15) is 18.5 Å². The SMILES string of the molecule is O=[N+]([O-])c1ccccc1COS(=O)(=O)c1ccccc1. The molecule has 20 heavy (non-hydrogen) atoms. The molecule has 0 unspecified atom stereocenters. The first kappa shape index (κ1) is 14.2. The predicted octanol–water partition coefficient (Wildman–Crippen LogP) is 2.50. The van der Waals surface area contributed by atoms with Crippen LogP contribution in [-0.4, -0.2) is 13.3 Å². The fourth-order valence-corrected chi connectivity index (χ4v) is 2.52. The predicted molar refractivity (Wildman–Crippen MR) is 71.5 cm³/mol. The Morgan fingerprint density at radius 3 is 2.25 bits per heavy atom. The van der Waals surface area contributed by atoms with Gasteiger partial charge < -0.3 is 0 Å². The van der Waals surface area contributed by atoms with Gasteiger partial charge in [-0.1, -0.05) is 30.3 Å². The van der Waals surface area contributed by atoms with Crippen molar-refractivity contribution in [1.29, 1.82) is 0 Å². The summed E-state index contributed by atoms with van der Waals surface area (Å²) in [4.78, 5) is 10.3. The summed E-state index contributed by atoms with van der Waals surface area (Å²) in [5, 5.41) is 10.8. The maximum atomic E-state index is 11.9. The number of hydrogen-bond donors (Lipinski definition) is 0. The van der Waals surface area contributed by atoms with Gasteiger partial charge in [0.15, 0.2) is 0 Å². The maximum Gasteiger partial charge on any atom is 0.297 e. The molecular weight excluding hydrogens is 282 g/mol. The highest BCUT2D eigenvalue weighted by Crippen LogP contribution is 2.21. The summed E-state index contributed by atoms with van der Waals surface area (Å²) < 4.78 is 28.6. The molecule has 0 aliphatic carbocycles. The van der Waals surface area contributed by atoms with Crippen LogP contribution in [0, 0.1) is 10.1 Å². The first-order chi connectivity index (χ1) is 9.50. The highest BCUT2D eigenvalue weighted by atomic mass is 32.2. The highest BCUT2D eigenvalue weighted by Gasteiger charge is 2.18. The molecule has 0 aliphatic rings. The Hall–Kier alpha value is -2.25. The third-order valence-corrected chi connectivity index (χ3v) is 3.87. The number of nitrogens with zero attached hydrogens (tertiary/aromatic N) is 1. The lowest BCUT2D eigenvalue weighted by atomic mass is 10.2. The zero-order valence-electron chi connectivity index (χ0n) is 10.3. The van der Waals surface area contributed by atoms with Gasteiger partial charge in [-0.15, -0.1) is 0 Å². The molecule has 0 radical (unpaired) electrons. The molecular formula is C13H11NO5S. The lowest BCUT2D eigenvalue weighted by Crippen LogP contribution is -2.07. The van der Waals surface area contributed by atoms with Gasteiger partial charge in [-0.25, -0.2) is 0 Å². The maximum absolute atomic E-state index is 11.9. The summed E-state index contributed by atoms with van der Waals surface area (Å²) in [5.74, 6) is 0. The molecule has 2 rings (SSSR count). The molecule has 0 N–H and O–H groups in total. The van der Waals surface area contributed by atoms with Gasteiger partial charge in [0.2, 0.25) is 0 Å². The summed E-state index contributed by atoms with van der Waals surface area (Å²) in [5.41, 5.74) is 0.0350. The minimum absolute atomic E-state index is 0.0126. The zero-order chi connectivity index (χ0) is 14.6. The minimum atomic E-state index is -3.92. The quantitative estimate of drug-likeness (QED) is 0.480. The van der Waals surface area contributed by atoms with Gasteiger partial charge in [-0.2, -0.15) is 8.42 Å². The third-order valence-electron chi connectivity index (χ3n) is 2.59. The van der Waals surface area contributed by atoms with Crippen molar-refractivity contribution in [2.75, 3.05) is 0 Å². The molecule has 0 aromatic heterocycles. The van der Waals surface area contributed by atoms with Crippen molar-refractivity contribution < 1.29 is 17.5 Å². The van der Waals surface area contributed by atoms with Gasteiger partial charge in [0.1, 0.15) is 0 Å². The Labute approximate surface area is 115 Å². The monoisotopic (exact) mass is 293 g/mol. The van der Waals surface area contributed by atoms with Crippen LogP contribution in [0.15, 0.2) is 59.5 Å². The number of hydrogen-bond acceptors (Lipinski definition) is 5.